The standard InChI is InChI=1S/C31H34O2/c1-30(2)18-19-31(3,4)28-21-26(16-17-27(28)30)25(20-23-8-6-5-7-9-23)15-12-22-10-13-24(14-11-22)29(32)33/h5-17,21,25H,18-20H2,1-4H3,(H,32,33)/b15-12+. The lowest BCUT2D eigenvalue weighted by molar-refractivity contribution is 0.0697. The monoisotopic (exact) mass is 438 g/mol. The number of aromatic carboxylic acids is 1. The zero-order valence-corrected chi connectivity index (χ0v) is 20.1. The highest BCUT2D eigenvalue weighted by Crippen LogP contribution is 2.46. The highest BCUT2D eigenvalue weighted by Gasteiger charge is 2.37. The number of benzene rings is 3. The van der Waals surface area contributed by atoms with Crippen molar-refractivity contribution >= 4 is 12.0 Å². The van der Waals surface area contributed by atoms with Crippen molar-refractivity contribution in [2.45, 2.75) is 63.7 Å². The lowest BCUT2D eigenvalue weighted by Crippen LogP contribution is -2.34. The molecule has 33 heavy (non-hydrogen) atoms. The summed E-state index contributed by atoms with van der Waals surface area (Å²) in [6.07, 6.45) is 7.73. The zero-order chi connectivity index (χ0) is 23.6. The molecule has 0 aliphatic heterocycles. The summed E-state index contributed by atoms with van der Waals surface area (Å²) in [6.45, 7) is 9.47. The second-order valence-corrected chi connectivity index (χ2v) is 10.7. The molecule has 1 aliphatic carbocycles. The first-order chi connectivity index (χ1) is 15.7. The Bertz CT molecular complexity index is 1150. The van der Waals surface area contributed by atoms with E-state index in [9.17, 15) is 4.79 Å². The van der Waals surface area contributed by atoms with Gasteiger partial charge < -0.3 is 5.11 Å². The third-order valence-corrected chi connectivity index (χ3v) is 7.28. The van der Waals surface area contributed by atoms with Gasteiger partial charge in [0.05, 0.1) is 5.56 Å². The number of allylic oxidation sites excluding steroid dienone is 1. The smallest absolute Gasteiger partial charge is 0.335 e. The van der Waals surface area contributed by atoms with E-state index in [4.69, 9.17) is 5.11 Å². The van der Waals surface area contributed by atoms with Crippen LogP contribution in [0.5, 0.6) is 0 Å². The summed E-state index contributed by atoms with van der Waals surface area (Å²) in [6, 6.07) is 24.8. The summed E-state index contributed by atoms with van der Waals surface area (Å²) in [5.74, 6) is -0.662. The first-order valence-electron chi connectivity index (χ1n) is 11.9. The van der Waals surface area contributed by atoms with Crippen molar-refractivity contribution < 1.29 is 9.90 Å². The fourth-order valence-corrected chi connectivity index (χ4v) is 4.97. The topological polar surface area (TPSA) is 37.3 Å². The lowest BCUT2D eigenvalue weighted by atomic mass is 9.62. The summed E-state index contributed by atoms with van der Waals surface area (Å²) >= 11 is 0. The first kappa shape index (κ1) is 23.0. The molecule has 0 heterocycles. The summed E-state index contributed by atoms with van der Waals surface area (Å²) in [7, 11) is 0. The molecular weight excluding hydrogens is 404 g/mol. The van der Waals surface area contributed by atoms with Crippen LogP contribution >= 0.6 is 0 Å². The second-order valence-electron chi connectivity index (χ2n) is 10.7. The molecule has 1 atom stereocenters. The van der Waals surface area contributed by atoms with Crippen LogP contribution in [0.2, 0.25) is 0 Å². The molecule has 0 amide bonds. The Kier molecular flexibility index (Phi) is 6.30. The maximum Gasteiger partial charge on any atom is 0.335 e. The highest BCUT2D eigenvalue weighted by atomic mass is 16.4. The van der Waals surface area contributed by atoms with Gasteiger partial charge in [-0.05, 0) is 70.0 Å². The molecule has 0 saturated heterocycles. The van der Waals surface area contributed by atoms with Crippen LogP contribution in [-0.2, 0) is 17.3 Å². The predicted octanol–water partition coefficient (Wildman–Crippen LogP) is 7.77. The molecular formula is C31H34O2. The lowest BCUT2D eigenvalue weighted by Gasteiger charge is -2.42. The van der Waals surface area contributed by atoms with Gasteiger partial charge in [-0.3, -0.25) is 0 Å². The minimum absolute atomic E-state index is 0.175. The third kappa shape index (κ3) is 5.11. The molecule has 0 aromatic heterocycles. The third-order valence-electron chi connectivity index (χ3n) is 7.28. The van der Waals surface area contributed by atoms with Crippen LogP contribution in [0.4, 0.5) is 0 Å². The number of rotatable bonds is 6. The molecule has 0 radical (unpaired) electrons. The average Bonchev–Trinajstić information content (AvgIpc) is 2.80. The minimum Gasteiger partial charge on any atom is -0.478 e. The molecule has 0 fully saturated rings. The molecule has 0 spiro atoms. The van der Waals surface area contributed by atoms with E-state index in [1.807, 2.05) is 12.1 Å². The Labute approximate surface area is 198 Å². The molecule has 1 N–H and O–H groups in total. The zero-order valence-electron chi connectivity index (χ0n) is 20.1. The number of carbonyl (C=O) groups is 1. The van der Waals surface area contributed by atoms with Gasteiger partial charge in [0.15, 0.2) is 0 Å². The number of hydrogen-bond donors (Lipinski definition) is 1. The van der Waals surface area contributed by atoms with Gasteiger partial charge in [0.1, 0.15) is 0 Å². The van der Waals surface area contributed by atoms with Crippen LogP contribution in [0.1, 0.15) is 84.6 Å². The van der Waals surface area contributed by atoms with Crippen molar-refractivity contribution in [3.63, 3.8) is 0 Å². The van der Waals surface area contributed by atoms with Crippen LogP contribution in [-0.4, -0.2) is 11.1 Å². The molecule has 2 nitrogen and oxygen atoms in total. The van der Waals surface area contributed by atoms with Gasteiger partial charge in [0.2, 0.25) is 0 Å². The molecule has 170 valence electrons. The van der Waals surface area contributed by atoms with Gasteiger partial charge in [-0.2, -0.15) is 0 Å². The number of hydrogen-bond acceptors (Lipinski definition) is 1. The predicted molar refractivity (Wildman–Crippen MR) is 137 cm³/mol. The van der Waals surface area contributed by atoms with E-state index in [-0.39, 0.29) is 16.7 Å². The molecule has 0 bridgehead atoms. The fourth-order valence-electron chi connectivity index (χ4n) is 4.97. The number of carboxylic acids is 1. The Balaban J connectivity index is 1.71. The molecule has 0 saturated carbocycles. The molecule has 1 unspecified atom stereocenters. The number of carboxylic acid groups (broad SMARTS) is 1. The van der Waals surface area contributed by atoms with E-state index in [0.29, 0.717) is 5.56 Å². The minimum atomic E-state index is -0.896. The molecule has 4 rings (SSSR count). The van der Waals surface area contributed by atoms with E-state index in [2.05, 4.69) is 88.4 Å². The SMILES string of the molecule is CC1(C)CCC(C)(C)c2cc(C(/C=C/c3ccc(C(=O)O)cc3)Cc3ccccc3)ccc21. The fraction of sp³-hybridized carbons (Fsp3) is 0.323. The van der Waals surface area contributed by atoms with Crippen molar-refractivity contribution in [3.05, 3.63) is 112 Å². The molecule has 3 aromatic carbocycles. The van der Waals surface area contributed by atoms with E-state index in [1.165, 1.54) is 35.1 Å². The Morgan fingerprint density at radius 1 is 0.879 bits per heavy atom. The van der Waals surface area contributed by atoms with Crippen LogP contribution < -0.4 is 0 Å². The maximum atomic E-state index is 11.2. The summed E-state index contributed by atoms with van der Waals surface area (Å²) in [5, 5.41) is 9.16. The van der Waals surface area contributed by atoms with Gasteiger partial charge in [0.25, 0.3) is 0 Å². The molecule has 2 heteroatoms. The van der Waals surface area contributed by atoms with E-state index < -0.39 is 5.97 Å². The van der Waals surface area contributed by atoms with Crippen LogP contribution in [0.3, 0.4) is 0 Å². The molecule has 3 aromatic rings. The first-order valence-corrected chi connectivity index (χ1v) is 11.9. The normalized spacial score (nSPS) is 17.5. The molecule has 1 aliphatic rings. The second kappa shape index (κ2) is 9.02. The van der Waals surface area contributed by atoms with Gasteiger partial charge >= 0.3 is 5.97 Å². The van der Waals surface area contributed by atoms with Gasteiger partial charge in [-0.1, -0.05) is 101 Å². The van der Waals surface area contributed by atoms with Crippen LogP contribution in [0.25, 0.3) is 6.08 Å². The quantitative estimate of drug-likeness (QED) is 0.427. The summed E-state index contributed by atoms with van der Waals surface area (Å²) < 4.78 is 0. The van der Waals surface area contributed by atoms with Crippen molar-refractivity contribution in [2.24, 2.45) is 0 Å². The largest absolute Gasteiger partial charge is 0.478 e. The van der Waals surface area contributed by atoms with Gasteiger partial charge in [-0.15, -0.1) is 0 Å². The van der Waals surface area contributed by atoms with E-state index in [0.717, 1.165) is 12.0 Å². The Morgan fingerprint density at radius 2 is 1.52 bits per heavy atom. The van der Waals surface area contributed by atoms with Crippen molar-refractivity contribution in [1.29, 1.82) is 0 Å². The number of fused-ring (bicyclic) bond motifs is 1. The summed E-state index contributed by atoms with van der Waals surface area (Å²) in [5.41, 5.74) is 7.31. The summed E-state index contributed by atoms with van der Waals surface area (Å²) in [4.78, 5) is 11.2. The van der Waals surface area contributed by atoms with Crippen LogP contribution in [0.15, 0.2) is 78.9 Å². The van der Waals surface area contributed by atoms with E-state index in [1.54, 1.807) is 12.1 Å². The van der Waals surface area contributed by atoms with Gasteiger partial charge in [-0.25, -0.2) is 4.79 Å². The highest BCUT2D eigenvalue weighted by molar-refractivity contribution is 5.87. The van der Waals surface area contributed by atoms with Crippen LogP contribution in [0, 0.1) is 0 Å². The van der Waals surface area contributed by atoms with Gasteiger partial charge in [0, 0.05) is 5.92 Å². The maximum absolute atomic E-state index is 11.2. The Morgan fingerprint density at radius 3 is 2.15 bits per heavy atom. The Hall–Kier alpha value is -3.13. The van der Waals surface area contributed by atoms with Crippen molar-refractivity contribution in [2.75, 3.05) is 0 Å². The van der Waals surface area contributed by atoms with Crippen molar-refractivity contribution in [3.8, 4) is 0 Å². The van der Waals surface area contributed by atoms with Crippen molar-refractivity contribution in [1.82, 2.24) is 0 Å². The average molecular weight is 439 g/mol. The van der Waals surface area contributed by atoms with E-state index >= 15 is 0 Å².